The van der Waals surface area contributed by atoms with Crippen LogP contribution < -0.4 is 0 Å². The molecule has 4 saturated heterocycles. The van der Waals surface area contributed by atoms with E-state index in [1.165, 1.54) is 13.8 Å². The van der Waals surface area contributed by atoms with Gasteiger partial charge >= 0.3 is 59.7 Å². The van der Waals surface area contributed by atoms with E-state index in [4.69, 9.17) is 125 Å². The van der Waals surface area contributed by atoms with Gasteiger partial charge in [0.25, 0.3) is 3.79 Å². The fourth-order valence-corrected chi connectivity index (χ4v) is 8.89. The lowest BCUT2D eigenvalue weighted by atomic mass is 9.94. The monoisotopic (exact) mass is 1220 g/mol. The summed E-state index contributed by atoms with van der Waals surface area (Å²) >= 11 is 18.0. The van der Waals surface area contributed by atoms with Crippen molar-refractivity contribution >= 4 is 100 Å². The molecule has 0 aliphatic carbocycles. The molecule has 1 N–H and O–H groups in total. The van der Waals surface area contributed by atoms with Crippen molar-refractivity contribution in [3.63, 3.8) is 0 Å². The van der Waals surface area contributed by atoms with Crippen molar-refractivity contribution < 1.29 is 133 Å². The molecule has 4 rings (SSSR count). The number of carbonyl (C=O) groups excluding carboxylic acids is 10. The standard InChI is InChI=1S/C46H61Cl3N4O28/c1-15-30(68-19(5)56)35(71-22(8)59)38(74-25(11)62)42(66-15)79-34-29(52-53-51)41(81-45(50)46(47,48)49)76-27(13-64-17(3)54)32(34)78-44-40(37(73-24(10)61)33(70-21(7)58)28(77-44)14-65-18(4)55)80-43-39(75-26(12)63)36(72-23(9)60)31(16(2)67-43)69-20(6)57/h15-16,27-44,50H,13-14H2,1-12H3/t15?,16?,27?,28?,29?,30?,31-,32?,33?,34-,35-,36?,37+,38?,39+,40?,41?,42+,43?,44+/m1/s1. The third kappa shape index (κ3) is 19.3. The predicted octanol–water partition coefficient (Wildman–Crippen LogP) is 1.70. The molecule has 0 amide bonds. The first-order valence-corrected chi connectivity index (χ1v) is 25.4. The largest absolute Gasteiger partial charge is 0.463 e. The van der Waals surface area contributed by atoms with E-state index < -0.39 is 205 Å². The van der Waals surface area contributed by atoms with E-state index in [1.807, 2.05) is 0 Å². The molecule has 4 fully saturated rings. The quantitative estimate of drug-likeness (QED) is 0.0265. The minimum Gasteiger partial charge on any atom is -0.463 e. The molecule has 13 unspecified atom stereocenters. The van der Waals surface area contributed by atoms with Crippen LogP contribution in [0, 0.1) is 5.41 Å². The van der Waals surface area contributed by atoms with Crippen LogP contribution in [0.3, 0.4) is 0 Å². The van der Waals surface area contributed by atoms with Crippen molar-refractivity contribution in [1.82, 2.24) is 0 Å². The topological polar surface area (TPSA) is 409 Å². The van der Waals surface area contributed by atoms with Crippen LogP contribution in [-0.4, -0.2) is 205 Å². The Hall–Kier alpha value is -5.93. The molecule has 32 nitrogen and oxygen atoms in total. The minimum absolute atomic E-state index is 0.823. The summed E-state index contributed by atoms with van der Waals surface area (Å²) in [5.74, 6) is -11.1. The normalized spacial score (nSPS) is 33.7. The summed E-state index contributed by atoms with van der Waals surface area (Å²) in [7, 11) is 0. The maximum atomic E-state index is 13.2. The van der Waals surface area contributed by atoms with Crippen LogP contribution in [0.1, 0.15) is 83.1 Å². The van der Waals surface area contributed by atoms with Gasteiger partial charge in [0.1, 0.15) is 43.7 Å². The predicted molar refractivity (Wildman–Crippen MR) is 260 cm³/mol. The van der Waals surface area contributed by atoms with E-state index in [-0.39, 0.29) is 0 Å². The van der Waals surface area contributed by atoms with Crippen molar-refractivity contribution in [2.75, 3.05) is 13.2 Å². The number of nitrogens with one attached hydrogen (secondary N) is 1. The maximum absolute atomic E-state index is 13.2. The highest BCUT2D eigenvalue weighted by Crippen LogP contribution is 2.41. The van der Waals surface area contributed by atoms with Gasteiger partial charge in [-0.05, 0) is 19.4 Å². The van der Waals surface area contributed by atoms with Gasteiger partial charge in [0.2, 0.25) is 12.2 Å². The van der Waals surface area contributed by atoms with Gasteiger partial charge in [-0.1, -0.05) is 39.9 Å². The number of ether oxygens (including phenoxy) is 18. The molecule has 0 aromatic heterocycles. The van der Waals surface area contributed by atoms with Gasteiger partial charge in [-0.3, -0.25) is 53.4 Å². The Kier molecular flexibility index (Phi) is 24.9. The Morgan fingerprint density at radius 2 is 0.728 bits per heavy atom. The van der Waals surface area contributed by atoms with Crippen molar-refractivity contribution in [2.24, 2.45) is 5.11 Å². The Morgan fingerprint density at radius 1 is 0.420 bits per heavy atom. The van der Waals surface area contributed by atoms with E-state index in [0.29, 0.717) is 0 Å². The van der Waals surface area contributed by atoms with Crippen LogP contribution in [0.4, 0.5) is 0 Å². The van der Waals surface area contributed by atoms with E-state index in [1.54, 1.807) is 0 Å². The van der Waals surface area contributed by atoms with Gasteiger partial charge in [-0.25, -0.2) is 0 Å². The molecule has 0 aromatic rings. The Balaban J connectivity index is 2.11. The third-order valence-corrected chi connectivity index (χ3v) is 12.0. The molecule has 0 radical (unpaired) electrons. The maximum Gasteiger partial charge on any atom is 0.303 e. The second-order valence-electron chi connectivity index (χ2n) is 18.1. The van der Waals surface area contributed by atoms with Gasteiger partial charge in [0, 0.05) is 74.1 Å². The van der Waals surface area contributed by atoms with Gasteiger partial charge in [-0.15, -0.1) is 0 Å². The number of carbonyl (C=O) groups is 10. The lowest BCUT2D eigenvalue weighted by molar-refractivity contribution is -0.390. The van der Waals surface area contributed by atoms with Crippen molar-refractivity contribution in [1.29, 1.82) is 5.41 Å². The molecule has 454 valence electrons. The fourth-order valence-electron chi connectivity index (χ4n) is 8.76. The Bertz CT molecular complexity index is 2390. The Labute approximate surface area is 476 Å². The van der Waals surface area contributed by atoms with Crippen molar-refractivity contribution in [2.45, 2.75) is 210 Å². The summed E-state index contributed by atoms with van der Waals surface area (Å²) in [5.41, 5.74) is 10.2. The minimum atomic E-state index is -2.65. The first-order valence-electron chi connectivity index (χ1n) is 24.3. The highest BCUT2D eigenvalue weighted by atomic mass is 35.6. The number of nitrogens with zero attached hydrogens (tertiary/aromatic N) is 3. The molecule has 0 bridgehead atoms. The molecule has 81 heavy (non-hydrogen) atoms. The zero-order chi connectivity index (χ0) is 61.0. The van der Waals surface area contributed by atoms with Crippen LogP contribution in [0.25, 0.3) is 10.4 Å². The molecule has 0 saturated carbocycles. The molecule has 35 heteroatoms. The first kappa shape index (κ1) is 67.6. The first-order chi connectivity index (χ1) is 37.7. The number of alkyl halides is 3. The van der Waals surface area contributed by atoms with Crippen LogP contribution in [0.2, 0.25) is 0 Å². The summed E-state index contributed by atoms with van der Waals surface area (Å²) in [6.07, 6.45) is -35.3. The lowest BCUT2D eigenvalue weighted by Gasteiger charge is -2.51. The average molecular weight is 1220 g/mol. The number of esters is 10. The fraction of sp³-hybridized carbons (Fsp3) is 0.761. The van der Waals surface area contributed by atoms with Crippen LogP contribution >= 0.6 is 34.8 Å². The number of halogens is 3. The van der Waals surface area contributed by atoms with Gasteiger partial charge in [0.05, 0.1) is 12.2 Å². The zero-order valence-corrected chi connectivity index (χ0v) is 47.6. The molecular formula is C46H61Cl3N4O28. The van der Waals surface area contributed by atoms with Gasteiger partial charge < -0.3 is 85.3 Å². The second kappa shape index (κ2) is 29.9. The molecule has 4 aliphatic rings. The summed E-state index contributed by atoms with van der Waals surface area (Å²) in [5, 5.41) is 12.3. The molecule has 4 heterocycles. The number of hydrogen-bond donors (Lipinski definition) is 1. The molecule has 0 spiro atoms. The Morgan fingerprint density at radius 3 is 1.10 bits per heavy atom. The summed E-state index contributed by atoms with van der Waals surface area (Å²) < 4.78 is 103. The van der Waals surface area contributed by atoms with E-state index in [0.717, 1.165) is 69.2 Å². The third-order valence-electron chi connectivity index (χ3n) is 11.5. The summed E-state index contributed by atoms with van der Waals surface area (Å²) in [4.78, 5) is 130. The van der Waals surface area contributed by atoms with Crippen LogP contribution in [0.5, 0.6) is 0 Å². The molecule has 0 aromatic carbocycles. The summed E-state index contributed by atoms with van der Waals surface area (Å²) in [6, 6.07) is -2.06. The van der Waals surface area contributed by atoms with Crippen LogP contribution in [0.15, 0.2) is 5.11 Å². The zero-order valence-electron chi connectivity index (χ0n) is 45.4. The average Bonchev–Trinajstić information content (AvgIpc) is 3.37. The van der Waals surface area contributed by atoms with Crippen LogP contribution in [-0.2, 0) is 133 Å². The number of azide groups is 1. The number of rotatable bonds is 20. The second-order valence-corrected chi connectivity index (χ2v) is 20.4. The van der Waals surface area contributed by atoms with E-state index >= 15 is 0 Å². The highest BCUT2D eigenvalue weighted by Gasteiger charge is 2.61. The van der Waals surface area contributed by atoms with Crippen molar-refractivity contribution in [3.05, 3.63) is 10.4 Å². The van der Waals surface area contributed by atoms with Gasteiger partial charge in [0.15, 0.2) is 73.8 Å². The molecular weight excluding hydrogens is 1160 g/mol. The van der Waals surface area contributed by atoms with Gasteiger partial charge in [-0.2, -0.15) is 0 Å². The lowest BCUT2D eigenvalue weighted by Crippen LogP contribution is -2.69. The van der Waals surface area contributed by atoms with Crippen molar-refractivity contribution in [3.8, 4) is 0 Å². The van der Waals surface area contributed by atoms with E-state index in [2.05, 4.69) is 10.0 Å². The SMILES string of the molecule is CC(=O)OCC1OC(OC(=N)C(Cl)(Cl)Cl)C(N=[N+]=[N-])[C@@H](O[C@@H]2OC(C)C(OC(C)=O)[C@@H](OC(C)=O)C2OC(C)=O)C1O[C@@H]1OC(COC(C)=O)C(OC(C)=O)[C@H](OC(C)=O)C1OC1OC(C)[C@@H](OC(C)=O)C(OC(C)=O)[C@@H]1OC(C)=O. The smallest absolute Gasteiger partial charge is 0.303 e. The van der Waals surface area contributed by atoms with E-state index in [9.17, 15) is 53.5 Å². The highest BCUT2D eigenvalue weighted by molar-refractivity contribution is 6.76. The molecule has 20 atom stereocenters. The molecule has 4 aliphatic heterocycles. The summed E-state index contributed by atoms with van der Waals surface area (Å²) in [6.45, 7) is 10.7. The number of hydrogen-bond acceptors (Lipinski definition) is 30.